The Morgan fingerprint density at radius 3 is 2.41 bits per heavy atom. The summed E-state index contributed by atoms with van der Waals surface area (Å²) >= 11 is 0. The van der Waals surface area contributed by atoms with Crippen LogP contribution in [0.3, 0.4) is 0 Å². The van der Waals surface area contributed by atoms with Gasteiger partial charge in [0.15, 0.2) is 0 Å². The van der Waals surface area contributed by atoms with Crippen LogP contribution in [-0.2, 0) is 4.79 Å². The topological polar surface area (TPSA) is 47.9 Å². The molecular formula is C22H46N4O. The number of nitrogens with one attached hydrogen (secondary N) is 1. The number of carbonyl (C=O) groups excluding carboxylic acids is 1. The Bertz CT molecular complexity index is 483. The summed E-state index contributed by atoms with van der Waals surface area (Å²) in [5.41, 5.74) is 3.83. The Kier molecular flexibility index (Phi) is 16.3. The molecule has 0 aromatic heterocycles. The van der Waals surface area contributed by atoms with Gasteiger partial charge in [0.1, 0.15) is 6.79 Å². The third kappa shape index (κ3) is 9.99. The first kappa shape index (κ1) is 27.9. The third-order valence-electron chi connectivity index (χ3n) is 4.80. The van der Waals surface area contributed by atoms with E-state index in [0.717, 1.165) is 51.5 Å². The lowest BCUT2D eigenvalue weighted by molar-refractivity contribution is -0.0979. The highest BCUT2D eigenvalue weighted by Gasteiger charge is 2.24. The number of rotatable bonds is 6. The van der Waals surface area contributed by atoms with Crippen molar-refractivity contribution in [3.05, 3.63) is 23.4 Å². The maximum absolute atomic E-state index is 8.00. The fraction of sp³-hybridized carbons (Fsp3) is 0.727. The fourth-order valence-corrected chi connectivity index (χ4v) is 3.31. The summed E-state index contributed by atoms with van der Waals surface area (Å²) in [5, 5.41) is 3.56. The van der Waals surface area contributed by atoms with Crippen LogP contribution in [0.2, 0.25) is 0 Å². The van der Waals surface area contributed by atoms with Crippen LogP contribution >= 0.6 is 0 Å². The molecule has 0 aromatic carbocycles. The summed E-state index contributed by atoms with van der Waals surface area (Å²) in [6.07, 6.45) is 8.21. The Morgan fingerprint density at radius 1 is 1.19 bits per heavy atom. The molecule has 2 rings (SSSR count). The molecule has 0 spiro atoms. The van der Waals surface area contributed by atoms with Gasteiger partial charge in [0.25, 0.3) is 0 Å². The summed E-state index contributed by atoms with van der Waals surface area (Å²) < 4.78 is 0. The summed E-state index contributed by atoms with van der Waals surface area (Å²) in [6, 6.07) is 0.419. The van der Waals surface area contributed by atoms with E-state index in [-0.39, 0.29) is 16.3 Å². The van der Waals surface area contributed by atoms with Crippen molar-refractivity contribution in [2.24, 2.45) is 4.99 Å². The Hall–Kier alpha value is -1.30. The average molecular weight is 383 g/mol. The zero-order valence-electron chi connectivity index (χ0n) is 16.6. The maximum Gasteiger partial charge on any atom is 0.106 e. The van der Waals surface area contributed by atoms with E-state index in [1.807, 2.05) is 6.79 Å². The second kappa shape index (κ2) is 15.7. The van der Waals surface area contributed by atoms with Crippen molar-refractivity contribution in [1.29, 1.82) is 0 Å². The quantitative estimate of drug-likeness (QED) is 0.547. The smallest absolute Gasteiger partial charge is 0.106 e. The Morgan fingerprint density at radius 2 is 1.81 bits per heavy atom. The van der Waals surface area contributed by atoms with Crippen LogP contribution in [0.1, 0.15) is 63.2 Å². The van der Waals surface area contributed by atoms with E-state index in [1.54, 1.807) is 0 Å². The van der Waals surface area contributed by atoms with Gasteiger partial charge < -0.3 is 10.1 Å². The number of hydrogen-bond donors (Lipinski definition) is 1. The van der Waals surface area contributed by atoms with Crippen LogP contribution in [0.25, 0.3) is 0 Å². The lowest BCUT2D eigenvalue weighted by Gasteiger charge is -2.39. The minimum atomic E-state index is 0. The Balaban J connectivity index is -0.00000121. The molecule has 2 aliphatic rings. The number of carbonyl (C=O) groups is 1. The first-order chi connectivity index (χ1) is 12.1. The van der Waals surface area contributed by atoms with E-state index in [9.17, 15) is 0 Å². The van der Waals surface area contributed by atoms with Crippen molar-refractivity contribution in [2.75, 3.05) is 39.4 Å². The van der Waals surface area contributed by atoms with Crippen molar-refractivity contribution in [3.8, 4) is 0 Å². The zero-order chi connectivity index (χ0) is 18.7. The average Bonchev–Trinajstić information content (AvgIpc) is 2.63. The van der Waals surface area contributed by atoms with Crippen LogP contribution in [-0.4, -0.2) is 67.7 Å². The molecule has 0 aromatic rings. The van der Waals surface area contributed by atoms with Crippen molar-refractivity contribution in [2.45, 2.75) is 67.9 Å². The van der Waals surface area contributed by atoms with Gasteiger partial charge in [-0.1, -0.05) is 39.8 Å². The number of unbranched alkanes of at least 4 members (excludes halogenated alkanes) is 1. The van der Waals surface area contributed by atoms with Crippen LogP contribution in [0.15, 0.2) is 28.4 Å². The number of allylic oxidation sites excluding steroid dienone is 2. The monoisotopic (exact) mass is 382 g/mol. The molecule has 1 N–H and O–H groups in total. The third-order valence-corrected chi connectivity index (χ3v) is 4.80. The zero-order valence-corrected chi connectivity index (χ0v) is 16.6. The van der Waals surface area contributed by atoms with Crippen LogP contribution in [0.5, 0.6) is 0 Å². The second-order valence-electron chi connectivity index (χ2n) is 6.92. The van der Waals surface area contributed by atoms with Crippen molar-refractivity contribution < 1.29 is 6.22 Å². The minimum Gasteiger partial charge on any atom is -0.307 e. The highest BCUT2D eigenvalue weighted by atomic mass is 16.1. The van der Waals surface area contributed by atoms with Crippen molar-refractivity contribution in [1.82, 2.24) is 15.1 Å². The fourth-order valence-electron chi connectivity index (χ4n) is 3.31. The molecular weight excluding hydrogens is 336 g/mol. The van der Waals surface area contributed by atoms with Gasteiger partial charge in [-0.15, -0.1) is 0 Å². The lowest BCUT2D eigenvalue weighted by atomic mass is 10.0. The molecule has 1 fully saturated rings. The highest BCUT2D eigenvalue weighted by molar-refractivity contribution is 5.84. The summed E-state index contributed by atoms with van der Waals surface area (Å²) in [4.78, 5) is 17.8. The molecule has 5 heteroatoms. The molecule has 0 bridgehead atoms. The first-order valence-electron chi connectivity index (χ1n) is 9.45. The van der Waals surface area contributed by atoms with E-state index in [4.69, 9.17) is 4.79 Å². The number of hydrogen-bond acceptors (Lipinski definition) is 5. The van der Waals surface area contributed by atoms with E-state index < -0.39 is 0 Å². The standard InChI is InChI=1S/C19H34N4.CH2O.2CH4.H2/c1-5-6-9-20-15-22-10-12-23(13-11-22)19-14-18(4)21-17(3)8-7-16(19)2;1-2;;;/h7,14,19-20H,5-6,8-13,15H2,1-4H3;1H2;2*1H4;1H/b16-7+,18-14-,21-17?;;;;. The highest BCUT2D eigenvalue weighted by Crippen LogP contribution is 2.19. The molecule has 0 amide bonds. The molecule has 2 heterocycles. The van der Waals surface area contributed by atoms with Gasteiger partial charge in [0, 0.05) is 52.1 Å². The number of nitrogens with zero attached hydrogens (tertiary/aromatic N) is 3. The lowest BCUT2D eigenvalue weighted by Crippen LogP contribution is -2.52. The SMILES string of the molecule is C.C.C=O.CCCCNCN1CCN(C2/C=C(/C)N=C(C)C/C=C/2C)CC1.[HH]. The molecule has 2 aliphatic heterocycles. The molecule has 0 radical (unpaired) electrons. The molecule has 160 valence electrons. The molecule has 5 nitrogen and oxygen atoms in total. The predicted molar refractivity (Wildman–Crippen MR) is 123 cm³/mol. The van der Waals surface area contributed by atoms with Gasteiger partial charge in [0.05, 0.1) is 6.04 Å². The summed E-state index contributed by atoms with van der Waals surface area (Å²) in [5.74, 6) is 0. The number of aliphatic imine (C=N–C) groups is 1. The summed E-state index contributed by atoms with van der Waals surface area (Å²) in [7, 11) is 0. The molecule has 27 heavy (non-hydrogen) atoms. The molecule has 1 saturated heterocycles. The van der Waals surface area contributed by atoms with Crippen LogP contribution in [0, 0.1) is 0 Å². The summed E-state index contributed by atoms with van der Waals surface area (Å²) in [6.45, 7) is 17.5. The van der Waals surface area contributed by atoms with E-state index >= 15 is 0 Å². The van der Waals surface area contributed by atoms with Gasteiger partial charge in [-0.05, 0) is 39.8 Å². The second-order valence-corrected chi connectivity index (χ2v) is 6.92. The van der Waals surface area contributed by atoms with Gasteiger partial charge in [0.2, 0.25) is 0 Å². The first-order valence-corrected chi connectivity index (χ1v) is 9.45. The van der Waals surface area contributed by atoms with Crippen molar-refractivity contribution >= 4 is 12.5 Å². The van der Waals surface area contributed by atoms with Gasteiger partial charge in [-0.2, -0.15) is 0 Å². The van der Waals surface area contributed by atoms with E-state index in [1.165, 1.54) is 24.1 Å². The maximum atomic E-state index is 8.00. The van der Waals surface area contributed by atoms with Crippen molar-refractivity contribution in [3.63, 3.8) is 0 Å². The van der Waals surface area contributed by atoms with E-state index in [2.05, 4.69) is 60.0 Å². The predicted octanol–water partition coefficient (Wildman–Crippen LogP) is 4.37. The molecule has 0 saturated carbocycles. The van der Waals surface area contributed by atoms with E-state index in [0.29, 0.717) is 6.04 Å². The normalized spacial score (nSPS) is 24.9. The molecule has 0 aliphatic carbocycles. The Labute approximate surface area is 170 Å². The number of piperazine rings is 1. The van der Waals surface area contributed by atoms with Crippen LogP contribution < -0.4 is 5.32 Å². The van der Waals surface area contributed by atoms with Gasteiger partial charge >= 0.3 is 0 Å². The largest absolute Gasteiger partial charge is 0.307 e. The molecule has 1 atom stereocenters. The van der Waals surface area contributed by atoms with Crippen LogP contribution in [0.4, 0.5) is 0 Å². The van der Waals surface area contributed by atoms with Gasteiger partial charge in [-0.25, -0.2) is 0 Å². The molecule has 1 unspecified atom stereocenters. The van der Waals surface area contributed by atoms with Gasteiger partial charge in [-0.3, -0.25) is 14.8 Å². The minimum absolute atomic E-state index is 0.